The van der Waals surface area contributed by atoms with Crippen LogP contribution in [-0.4, -0.2) is 5.78 Å². The van der Waals surface area contributed by atoms with Crippen LogP contribution in [0.5, 0.6) is 0 Å². The van der Waals surface area contributed by atoms with Gasteiger partial charge in [-0.15, -0.1) is 0 Å². The Bertz CT molecular complexity index is 757. The van der Waals surface area contributed by atoms with E-state index in [1.165, 1.54) is 18.2 Å². The van der Waals surface area contributed by atoms with Crippen LogP contribution in [0.15, 0.2) is 54.4 Å². The highest BCUT2D eigenvalue weighted by atomic mass is 35.5. The van der Waals surface area contributed by atoms with Gasteiger partial charge in [0.1, 0.15) is 5.82 Å². The summed E-state index contributed by atoms with van der Waals surface area (Å²) in [6, 6.07) is 12.5. The normalized spacial score (nSPS) is 18.0. The maximum absolute atomic E-state index is 13.3. The number of benzene rings is 2. The van der Waals surface area contributed by atoms with Crippen LogP contribution in [0.4, 0.5) is 4.39 Å². The third-order valence-electron chi connectivity index (χ3n) is 3.24. The summed E-state index contributed by atoms with van der Waals surface area (Å²) in [6.07, 6.45) is -0.922. The second kappa shape index (κ2) is 5.22. The fourth-order valence-electron chi connectivity index (χ4n) is 2.31. The maximum Gasteiger partial charge on any atom is 0.213 e. The van der Waals surface area contributed by atoms with Crippen LogP contribution < -0.4 is 5.73 Å². The maximum atomic E-state index is 13.3. The molecule has 1 atom stereocenters. The molecule has 1 heterocycles. The number of Topliss-reactive ketones (excluding diaryl/α,β-unsaturated/α-hetero) is 1. The van der Waals surface area contributed by atoms with Gasteiger partial charge in [0.05, 0.1) is 5.57 Å². The van der Waals surface area contributed by atoms with E-state index in [0.29, 0.717) is 16.1 Å². The SMILES string of the molecule is NC1=C(c2cccc(Cl)c2)C(=O)C(c2cccc(F)c2)O1. The molecule has 2 N–H and O–H groups in total. The Balaban J connectivity index is 1.98. The molecule has 0 saturated carbocycles. The molecule has 3 rings (SSSR count). The van der Waals surface area contributed by atoms with Gasteiger partial charge >= 0.3 is 0 Å². The number of ether oxygens (including phenoxy) is 1. The molecule has 0 bridgehead atoms. The van der Waals surface area contributed by atoms with Crippen LogP contribution in [0, 0.1) is 5.82 Å². The summed E-state index contributed by atoms with van der Waals surface area (Å²) in [7, 11) is 0. The number of hydrogen-bond acceptors (Lipinski definition) is 3. The fraction of sp³-hybridized carbons (Fsp3) is 0.0625. The van der Waals surface area contributed by atoms with Crippen molar-refractivity contribution in [3.05, 3.63) is 76.4 Å². The van der Waals surface area contributed by atoms with Gasteiger partial charge in [0, 0.05) is 10.6 Å². The lowest BCUT2D eigenvalue weighted by Gasteiger charge is -2.10. The predicted molar refractivity (Wildman–Crippen MR) is 77.8 cm³/mol. The molecule has 1 aliphatic heterocycles. The monoisotopic (exact) mass is 303 g/mol. The summed E-state index contributed by atoms with van der Waals surface area (Å²) in [4.78, 5) is 12.5. The molecule has 0 spiro atoms. The second-order valence-electron chi connectivity index (χ2n) is 4.67. The first-order valence-electron chi connectivity index (χ1n) is 6.28. The molecule has 5 heteroatoms. The number of rotatable bonds is 2. The lowest BCUT2D eigenvalue weighted by molar-refractivity contribution is -0.120. The topological polar surface area (TPSA) is 52.3 Å². The third kappa shape index (κ3) is 2.50. The highest BCUT2D eigenvalue weighted by Crippen LogP contribution is 2.36. The van der Waals surface area contributed by atoms with Crippen molar-refractivity contribution in [3.63, 3.8) is 0 Å². The molecule has 0 saturated heterocycles. The molecule has 2 aromatic rings. The molecule has 2 aromatic carbocycles. The Morgan fingerprint density at radius 1 is 1.14 bits per heavy atom. The summed E-state index contributed by atoms with van der Waals surface area (Å²) < 4.78 is 18.7. The summed E-state index contributed by atoms with van der Waals surface area (Å²) >= 11 is 5.93. The largest absolute Gasteiger partial charge is 0.462 e. The first-order valence-corrected chi connectivity index (χ1v) is 6.66. The summed E-state index contributed by atoms with van der Waals surface area (Å²) in [5.74, 6) is -0.712. The Kier molecular flexibility index (Phi) is 3.39. The van der Waals surface area contributed by atoms with E-state index in [9.17, 15) is 9.18 Å². The first-order chi connectivity index (χ1) is 10.1. The molecule has 106 valence electrons. The number of ketones is 1. The van der Waals surface area contributed by atoms with E-state index < -0.39 is 11.9 Å². The van der Waals surface area contributed by atoms with Gasteiger partial charge in [-0.05, 0) is 29.8 Å². The Morgan fingerprint density at radius 3 is 2.62 bits per heavy atom. The first kappa shape index (κ1) is 13.6. The average Bonchev–Trinajstić information content (AvgIpc) is 2.74. The zero-order chi connectivity index (χ0) is 15.0. The van der Waals surface area contributed by atoms with Crippen molar-refractivity contribution >= 4 is 23.0 Å². The molecule has 1 aliphatic rings. The van der Waals surface area contributed by atoms with Gasteiger partial charge in [-0.3, -0.25) is 4.79 Å². The molecule has 0 fully saturated rings. The Morgan fingerprint density at radius 2 is 1.90 bits per heavy atom. The lowest BCUT2D eigenvalue weighted by atomic mass is 9.97. The van der Waals surface area contributed by atoms with E-state index in [1.54, 1.807) is 30.3 Å². The van der Waals surface area contributed by atoms with Crippen molar-refractivity contribution in [3.8, 4) is 0 Å². The minimum absolute atomic E-state index is 0.0246. The molecule has 3 nitrogen and oxygen atoms in total. The standard InChI is InChI=1S/C16H11ClFNO2/c17-11-5-1-3-9(7-11)13-14(20)15(21-16(13)19)10-4-2-6-12(18)8-10/h1-8,15H,19H2. The minimum atomic E-state index is -0.922. The van der Waals surface area contributed by atoms with E-state index in [4.69, 9.17) is 22.1 Å². The van der Waals surface area contributed by atoms with E-state index in [1.807, 2.05) is 0 Å². The minimum Gasteiger partial charge on any atom is -0.462 e. The quantitative estimate of drug-likeness (QED) is 0.924. The van der Waals surface area contributed by atoms with Gasteiger partial charge in [-0.25, -0.2) is 4.39 Å². The van der Waals surface area contributed by atoms with E-state index in [2.05, 4.69) is 0 Å². The number of hydrogen-bond donors (Lipinski definition) is 1. The number of nitrogens with two attached hydrogens (primary N) is 1. The van der Waals surface area contributed by atoms with Gasteiger partial charge in [-0.2, -0.15) is 0 Å². The van der Waals surface area contributed by atoms with E-state index >= 15 is 0 Å². The van der Waals surface area contributed by atoms with Gasteiger partial charge < -0.3 is 10.5 Å². The lowest BCUT2D eigenvalue weighted by Crippen LogP contribution is -2.09. The molecular formula is C16H11ClFNO2. The molecule has 1 unspecified atom stereocenters. The molecule has 0 radical (unpaired) electrons. The van der Waals surface area contributed by atoms with E-state index in [-0.39, 0.29) is 17.2 Å². The zero-order valence-corrected chi connectivity index (χ0v) is 11.6. The average molecular weight is 304 g/mol. The van der Waals surface area contributed by atoms with Crippen molar-refractivity contribution < 1.29 is 13.9 Å². The zero-order valence-electron chi connectivity index (χ0n) is 10.8. The van der Waals surface area contributed by atoms with Crippen LogP contribution in [0.3, 0.4) is 0 Å². The Hall–Kier alpha value is -2.33. The second-order valence-corrected chi connectivity index (χ2v) is 5.10. The van der Waals surface area contributed by atoms with Crippen molar-refractivity contribution in [2.24, 2.45) is 5.73 Å². The van der Waals surface area contributed by atoms with Gasteiger partial charge in [0.25, 0.3) is 0 Å². The van der Waals surface area contributed by atoms with Crippen LogP contribution in [-0.2, 0) is 9.53 Å². The predicted octanol–water partition coefficient (Wildman–Crippen LogP) is 3.45. The highest BCUT2D eigenvalue weighted by molar-refractivity contribution is 6.31. The van der Waals surface area contributed by atoms with Crippen LogP contribution >= 0.6 is 11.6 Å². The Labute approximate surface area is 125 Å². The molecule has 0 aromatic heterocycles. The van der Waals surface area contributed by atoms with E-state index in [0.717, 1.165) is 0 Å². The number of carbonyl (C=O) groups excluding carboxylic acids is 1. The molecule has 0 aliphatic carbocycles. The van der Waals surface area contributed by atoms with Crippen molar-refractivity contribution in [1.29, 1.82) is 0 Å². The van der Waals surface area contributed by atoms with Gasteiger partial charge in [0.15, 0.2) is 12.0 Å². The summed E-state index contributed by atoms with van der Waals surface area (Å²) in [6.45, 7) is 0. The highest BCUT2D eigenvalue weighted by Gasteiger charge is 2.36. The molecule has 21 heavy (non-hydrogen) atoms. The molecular weight excluding hydrogens is 293 g/mol. The fourth-order valence-corrected chi connectivity index (χ4v) is 2.50. The summed E-state index contributed by atoms with van der Waals surface area (Å²) in [5, 5.41) is 0.495. The van der Waals surface area contributed by atoms with Crippen LogP contribution in [0.1, 0.15) is 17.2 Å². The van der Waals surface area contributed by atoms with Crippen molar-refractivity contribution in [2.75, 3.05) is 0 Å². The number of halogens is 2. The smallest absolute Gasteiger partial charge is 0.213 e. The van der Waals surface area contributed by atoms with Crippen molar-refractivity contribution in [1.82, 2.24) is 0 Å². The van der Waals surface area contributed by atoms with Crippen molar-refractivity contribution in [2.45, 2.75) is 6.10 Å². The summed E-state index contributed by atoms with van der Waals surface area (Å²) in [5.41, 5.74) is 7.10. The van der Waals surface area contributed by atoms with Crippen LogP contribution in [0.2, 0.25) is 5.02 Å². The molecule has 0 amide bonds. The number of carbonyl (C=O) groups is 1. The van der Waals surface area contributed by atoms with Crippen LogP contribution in [0.25, 0.3) is 5.57 Å². The third-order valence-corrected chi connectivity index (χ3v) is 3.48. The van der Waals surface area contributed by atoms with Gasteiger partial charge in [-0.1, -0.05) is 35.9 Å². The van der Waals surface area contributed by atoms with Gasteiger partial charge in [0.2, 0.25) is 5.78 Å².